The fourth-order valence-corrected chi connectivity index (χ4v) is 2.15. The highest BCUT2D eigenvalue weighted by Gasteiger charge is 2.08. The van der Waals surface area contributed by atoms with Gasteiger partial charge in [-0.25, -0.2) is 15.0 Å². The van der Waals surface area contributed by atoms with Crippen LogP contribution in [0, 0.1) is 6.92 Å². The number of aromatic nitrogens is 3. The second-order valence-electron chi connectivity index (χ2n) is 3.59. The van der Waals surface area contributed by atoms with Crippen LogP contribution in [0.15, 0.2) is 23.8 Å². The van der Waals surface area contributed by atoms with Gasteiger partial charge in [0, 0.05) is 23.5 Å². The molecule has 1 N–H and O–H groups in total. The number of rotatable bonds is 4. The number of hydrogen-bond donors (Lipinski definition) is 1. The van der Waals surface area contributed by atoms with Crippen LogP contribution in [0.4, 0.5) is 0 Å². The molecule has 0 bridgehead atoms. The van der Waals surface area contributed by atoms with Gasteiger partial charge in [0.05, 0.1) is 12.6 Å². The Hall–Kier alpha value is -1.33. The van der Waals surface area contributed by atoms with Gasteiger partial charge in [-0.05, 0) is 19.9 Å². The summed E-state index contributed by atoms with van der Waals surface area (Å²) >= 11 is 1.68. The molecule has 0 saturated carbocycles. The summed E-state index contributed by atoms with van der Waals surface area (Å²) in [6.07, 6.45) is 3.50. The molecule has 1 unspecified atom stereocenters. The molecule has 4 nitrogen and oxygen atoms in total. The minimum absolute atomic E-state index is 0.238. The summed E-state index contributed by atoms with van der Waals surface area (Å²) in [6.45, 7) is 4.77. The summed E-state index contributed by atoms with van der Waals surface area (Å²) in [5.41, 5.74) is 1.07. The molecule has 2 heterocycles. The van der Waals surface area contributed by atoms with Gasteiger partial charge in [0.2, 0.25) is 0 Å². The molecule has 0 fully saturated rings. The van der Waals surface area contributed by atoms with E-state index in [0.29, 0.717) is 6.54 Å². The molecular weight excluding hydrogens is 220 g/mol. The fourth-order valence-electron chi connectivity index (χ4n) is 1.32. The van der Waals surface area contributed by atoms with E-state index >= 15 is 0 Å². The lowest BCUT2D eigenvalue weighted by Gasteiger charge is -2.09. The Balaban J connectivity index is 1.91. The van der Waals surface area contributed by atoms with Crippen molar-refractivity contribution in [2.45, 2.75) is 26.4 Å². The lowest BCUT2D eigenvalue weighted by molar-refractivity contribution is 0.556. The molecule has 2 aromatic rings. The number of nitrogens with zero attached hydrogens (tertiary/aromatic N) is 3. The maximum Gasteiger partial charge on any atom is 0.141 e. The Kier molecular flexibility index (Phi) is 3.58. The van der Waals surface area contributed by atoms with Gasteiger partial charge < -0.3 is 5.32 Å². The molecule has 0 aromatic carbocycles. The maximum atomic E-state index is 4.44. The van der Waals surface area contributed by atoms with E-state index in [4.69, 9.17) is 0 Å². The van der Waals surface area contributed by atoms with Crippen molar-refractivity contribution in [2.24, 2.45) is 0 Å². The lowest BCUT2D eigenvalue weighted by atomic mass is 10.3. The Morgan fingerprint density at radius 1 is 1.38 bits per heavy atom. The van der Waals surface area contributed by atoms with Gasteiger partial charge in [-0.1, -0.05) is 0 Å². The predicted octanol–water partition coefficient (Wildman–Crippen LogP) is 2.09. The van der Waals surface area contributed by atoms with E-state index < -0.39 is 0 Å². The first kappa shape index (κ1) is 11.2. The molecule has 2 rings (SSSR count). The van der Waals surface area contributed by atoms with Crippen molar-refractivity contribution in [3.05, 3.63) is 40.4 Å². The van der Waals surface area contributed by atoms with Crippen LogP contribution < -0.4 is 5.32 Å². The minimum Gasteiger partial charge on any atom is -0.301 e. The standard InChI is InChI=1S/C11H14N4S/c1-8-7-16-11(15-8)9(2)14-6-10-12-4-3-5-13-10/h3-5,7,9,14H,6H2,1-2H3. The highest BCUT2D eigenvalue weighted by Crippen LogP contribution is 2.17. The van der Waals surface area contributed by atoms with Crippen LogP contribution in [0.2, 0.25) is 0 Å². The van der Waals surface area contributed by atoms with Crippen molar-refractivity contribution in [2.75, 3.05) is 0 Å². The Labute approximate surface area is 98.8 Å². The van der Waals surface area contributed by atoms with Crippen molar-refractivity contribution >= 4 is 11.3 Å². The third-order valence-electron chi connectivity index (χ3n) is 2.19. The van der Waals surface area contributed by atoms with E-state index in [-0.39, 0.29) is 6.04 Å². The fraction of sp³-hybridized carbons (Fsp3) is 0.364. The van der Waals surface area contributed by atoms with E-state index in [1.807, 2.05) is 13.0 Å². The largest absolute Gasteiger partial charge is 0.301 e. The molecule has 5 heteroatoms. The van der Waals surface area contributed by atoms with Crippen molar-refractivity contribution in [1.82, 2.24) is 20.3 Å². The predicted molar refractivity (Wildman–Crippen MR) is 64.1 cm³/mol. The normalized spacial score (nSPS) is 12.6. The number of aryl methyl sites for hydroxylation is 1. The average Bonchev–Trinajstić information content (AvgIpc) is 2.74. The van der Waals surface area contributed by atoms with Gasteiger partial charge in [0.25, 0.3) is 0 Å². The van der Waals surface area contributed by atoms with Crippen LogP contribution >= 0.6 is 11.3 Å². The zero-order valence-electron chi connectivity index (χ0n) is 9.34. The third-order valence-corrected chi connectivity index (χ3v) is 3.34. The summed E-state index contributed by atoms with van der Waals surface area (Å²) in [6, 6.07) is 2.06. The van der Waals surface area contributed by atoms with Crippen LogP contribution in [-0.2, 0) is 6.54 Å². The van der Waals surface area contributed by atoms with Crippen molar-refractivity contribution in [1.29, 1.82) is 0 Å². The van der Waals surface area contributed by atoms with Crippen LogP contribution in [0.25, 0.3) is 0 Å². The van der Waals surface area contributed by atoms with Crippen LogP contribution in [0.1, 0.15) is 29.5 Å². The maximum absolute atomic E-state index is 4.44. The number of hydrogen-bond acceptors (Lipinski definition) is 5. The molecule has 0 spiro atoms. The van der Waals surface area contributed by atoms with Gasteiger partial charge in [0.1, 0.15) is 10.8 Å². The van der Waals surface area contributed by atoms with E-state index in [0.717, 1.165) is 16.5 Å². The molecular formula is C11H14N4S. The third kappa shape index (κ3) is 2.84. The van der Waals surface area contributed by atoms with Gasteiger partial charge >= 0.3 is 0 Å². The molecule has 2 aromatic heterocycles. The number of thiazole rings is 1. The molecule has 0 radical (unpaired) electrons. The molecule has 0 aliphatic rings. The first-order chi connectivity index (χ1) is 7.75. The van der Waals surface area contributed by atoms with Gasteiger partial charge in [-0.15, -0.1) is 11.3 Å². The molecule has 16 heavy (non-hydrogen) atoms. The number of nitrogens with one attached hydrogen (secondary N) is 1. The van der Waals surface area contributed by atoms with Gasteiger partial charge in [0.15, 0.2) is 0 Å². The topological polar surface area (TPSA) is 50.7 Å². The van der Waals surface area contributed by atoms with E-state index in [2.05, 4.69) is 32.6 Å². The lowest BCUT2D eigenvalue weighted by Crippen LogP contribution is -2.19. The van der Waals surface area contributed by atoms with E-state index in [1.165, 1.54) is 0 Å². The molecule has 0 amide bonds. The summed E-state index contributed by atoms with van der Waals surface area (Å²) in [5, 5.41) is 6.52. The average molecular weight is 234 g/mol. The quantitative estimate of drug-likeness (QED) is 0.880. The summed E-state index contributed by atoms with van der Waals surface area (Å²) in [5.74, 6) is 0.808. The van der Waals surface area contributed by atoms with Crippen LogP contribution in [0.3, 0.4) is 0 Å². The minimum atomic E-state index is 0.238. The van der Waals surface area contributed by atoms with Gasteiger partial charge in [-0.2, -0.15) is 0 Å². The summed E-state index contributed by atoms with van der Waals surface area (Å²) < 4.78 is 0. The SMILES string of the molecule is Cc1csc(C(C)NCc2ncccn2)n1. The van der Waals surface area contributed by atoms with Crippen LogP contribution in [-0.4, -0.2) is 15.0 Å². The smallest absolute Gasteiger partial charge is 0.141 e. The highest BCUT2D eigenvalue weighted by atomic mass is 32.1. The Bertz CT molecular complexity index is 440. The second-order valence-corrected chi connectivity index (χ2v) is 4.48. The first-order valence-corrected chi connectivity index (χ1v) is 6.05. The molecule has 0 aliphatic carbocycles. The zero-order chi connectivity index (χ0) is 11.4. The molecule has 0 saturated heterocycles. The van der Waals surface area contributed by atoms with E-state index in [9.17, 15) is 0 Å². The second kappa shape index (κ2) is 5.14. The molecule has 1 atom stereocenters. The summed E-state index contributed by atoms with van der Waals surface area (Å²) in [7, 11) is 0. The monoisotopic (exact) mass is 234 g/mol. The molecule has 0 aliphatic heterocycles. The van der Waals surface area contributed by atoms with Crippen LogP contribution in [0.5, 0.6) is 0 Å². The Morgan fingerprint density at radius 3 is 2.75 bits per heavy atom. The zero-order valence-corrected chi connectivity index (χ0v) is 10.2. The Morgan fingerprint density at radius 2 is 2.12 bits per heavy atom. The van der Waals surface area contributed by atoms with Gasteiger partial charge in [-0.3, -0.25) is 0 Å². The summed E-state index contributed by atoms with van der Waals surface area (Å²) in [4.78, 5) is 12.8. The molecule has 84 valence electrons. The van der Waals surface area contributed by atoms with Crippen molar-refractivity contribution in [3.63, 3.8) is 0 Å². The highest BCUT2D eigenvalue weighted by molar-refractivity contribution is 7.09. The van der Waals surface area contributed by atoms with Crippen molar-refractivity contribution < 1.29 is 0 Å². The van der Waals surface area contributed by atoms with E-state index in [1.54, 1.807) is 23.7 Å². The van der Waals surface area contributed by atoms with Crippen molar-refractivity contribution in [3.8, 4) is 0 Å². The first-order valence-electron chi connectivity index (χ1n) is 5.17.